The normalized spacial score (nSPS) is 14.0. The van der Waals surface area contributed by atoms with Crippen LogP contribution in [0.2, 0.25) is 5.02 Å². The number of aliphatic imine (C=N–C) groups is 1. The summed E-state index contributed by atoms with van der Waals surface area (Å²) in [5.74, 6) is -0.729. The molecule has 10 nitrogen and oxygen atoms in total. The van der Waals surface area contributed by atoms with Crippen molar-refractivity contribution < 1.29 is 14.7 Å². The van der Waals surface area contributed by atoms with E-state index in [9.17, 15) is 14.7 Å². The number of fused-ring (bicyclic) bond motifs is 1. The number of nitrogens with zero attached hydrogens (tertiary/aromatic N) is 5. The molecule has 3 heterocycles. The molecule has 224 valence electrons. The highest BCUT2D eigenvalue weighted by Crippen LogP contribution is 2.29. The fourth-order valence-electron chi connectivity index (χ4n) is 5.24. The number of benzene rings is 3. The molecule has 11 heteroatoms. The summed E-state index contributed by atoms with van der Waals surface area (Å²) in [6, 6.07) is 19.9. The first kappa shape index (κ1) is 29.2. The molecule has 3 aromatic carbocycles. The average molecular weight is 610 g/mol. The molecule has 1 aliphatic rings. The van der Waals surface area contributed by atoms with Gasteiger partial charge in [0.2, 0.25) is 0 Å². The molecule has 5 aromatic rings. The van der Waals surface area contributed by atoms with Crippen LogP contribution >= 0.6 is 11.6 Å². The Morgan fingerprint density at radius 2 is 1.80 bits per heavy atom. The largest absolute Gasteiger partial charge is 0.494 e. The van der Waals surface area contributed by atoms with Gasteiger partial charge in [0.1, 0.15) is 0 Å². The molecule has 6 rings (SSSR count). The van der Waals surface area contributed by atoms with Crippen molar-refractivity contribution in [1.29, 1.82) is 0 Å². The molecule has 0 spiro atoms. The van der Waals surface area contributed by atoms with Gasteiger partial charge >= 0.3 is 0 Å². The minimum Gasteiger partial charge on any atom is -0.494 e. The topological polar surface area (TPSA) is 119 Å². The van der Waals surface area contributed by atoms with E-state index in [1.54, 1.807) is 59.6 Å². The van der Waals surface area contributed by atoms with Crippen LogP contribution < -0.4 is 10.2 Å². The molecule has 1 fully saturated rings. The van der Waals surface area contributed by atoms with Gasteiger partial charge in [-0.15, -0.1) is 0 Å². The fourth-order valence-corrected chi connectivity index (χ4v) is 5.47. The molecule has 0 bridgehead atoms. The Morgan fingerprint density at radius 3 is 2.52 bits per heavy atom. The van der Waals surface area contributed by atoms with Gasteiger partial charge in [-0.3, -0.25) is 19.3 Å². The number of likely N-dealkylation sites (N-methyl/N-ethyl adjacent to an activating group) is 1. The number of aromatic nitrogens is 3. The monoisotopic (exact) mass is 609 g/mol. The number of H-pyrrole nitrogens is 1. The molecule has 1 amide bonds. The lowest BCUT2D eigenvalue weighted by atomic mass is 10.0. The molecule has 0 saturated carbocycles. The predicted octanol–water partition coefficient (Wildman–Crippen LogP) is 5.73. The number of amides is 1. The number of piperazine rings is 1. The second-order valence-corrected chi connectivity index (χ2v) is 11.2. The number of carbonyl (C=O) groups is 2. The van der Waals surface area contributed by atoms with Crippen molar-refractivity contribution in [2.45, 2.75) is 13.5 Å². The van der Waals surface area contributed by atoms with Crippen molar-refractivity contribution in [3.05, 3.63) is 100 Å². The Balaban J connectivity index is 1.17. The van der Waals surface area contributed by atoms with Gasteiger partial charge in [0.25, 0.3) is 5.91 Å². The van der Waals surface area contributed by atoms with E-state index in [1.165, 1.54) is 5.69 Å². The Labute approximate surface area is 259 Å². The third-order valence-electron chi connectivity index (χ3n) is 7.78. The number of hydrogen-bond donors (Lipinski definition) is 3. The molecule has 1 saturated heterocycles. The van der Waals surface area contributed by atoms with Crippen molar-refractivity contribution in [2.75, 3.05) is 43.4 Å². The Morgan fingerprint density at radius 1 is 1.05 bits per heavy atom. The van der Waals surface area contributed by atoms with E-state index in [2.05, 4.69) is 49.4 Å². The first-order valence-corrected chi connectivity index (χ1v) is 14.8. The second kappa shape index (κ2) is 12.4. The molecule has 2 aromatic heterocycles. The number of aromatic hydroxyl groups is 1. The van der Waals surface area contributed by atoms with Gasteiger partial charge in [-0.1, -0.05) is 35.9 Å². The SMILES string of the molecule is CCn1cc(Cl)c(C(=O)Nc2cccc(C(=O)c3ccc4c(C=Nc5ccc(N6CCN(C)CC6)cc5)c(O)[nH]c4c3)c2)n1. The predicted molar refractivity (Wildman–Crippen MR) is 174 cm³/mol. The minimum absolute atomic E-state index is 0.0312. The van der Waals surface area contributed by atoms with E-state index in [4.69, 9.17) is 11.6 Å². The summed E-state index contributed by atoms with van der Waals surface area (Å²) in [6.07, 6.45) is 3.22. The number of rotatable bonds is 8. The van der Waals surface area contributed by atoms with E-state index in [0.29, 0.717) is 34.4 Å². The third-order valence-corrected chi connectivity index (χ3v) is 8.06. The smallest absolute Gasteiger partial charge is 0.277 e. The van der Waals surface area contributed by atoms with Gasteiger partial charge in [-0.25, -0.2) is 0 Å². The lowest BCUT2D eigenvalue weighted by Crippen LogP contribution is -2.44. The van der Waals surface area contributed by atoms with Crippen molar-refractivity contribution in [3.63, 3.8) is 0 Å². The lowest BCUT2D eigenvalue weighted by Gasteiger charge is -2.34. The van der Waals surface area contributed by atoms with Gasteiger partial charge < -0.3 is 25.2 Å². The molecule has 0 atom stereocenters. The number of aromatic amines is 1. The molecule has 0 unspecified atom stereocenters. The van der Waals surface area contributed by atoms with Crippen LogP contribution in [0, 0.1) is 0 Å². The van der Waals surface area contributed by atoms with E-state index in [0.717, 1.165) is 37.3 Å². The minimum atomic E-state index is -0.463. The fraction of sp³-hybridized carbons (Fsp3) is 0.212. The summed E-state index contributed by atoms with van der Waals surface area (Å²) in [5, 5.41) is 18.6. The van der Waals surface area contributed by atoms with Crippen LogP contribution in [0.3, 0.4) is 0 Å². The zero-order valence-corrected chi connectivity index (χ0v) is 25.2. The maximum atomic E-state index is 13.4. The van der Waals surface area contributed by atoms with Crippen LogP contribution in [0.25, 0.3) is 10.9 Å². The number of aryl methyl sites for hydroxylation is 1. The number of carbonyl (C=O) groups excluding carboxylic acids is 2. The van der Waals surface area contributed by atoms with Gasteiger partial charge in [-0.05, 0) is 56.4 Å². The summed E-state index contributed by atoms with van der Waals surface area (Å²) < 4.78 is 1.58. The van der Waals surface area contributed by atoms with Crippen molar-refractivity contribution in [3.8, 4) is 5.88 Å². The first-order chi connectivity index (χ1) is 21.3. The molecular weight excluding hydrogens is 578 g/mol. The molecule has 3 N–H and O–H groups in total. The standard InChI is InChI=1S/C33H32ClN7O3/c1-3-41-20-28(34)30(38-41)33(44)36-24-6-4-5-21(17-24)31(42)22-7-12-26-27(32(43)37-29(26)18-22)19-35-23-8-10-25(11-9-23)40-15-13-39(2)14-16-40/h4-12,17-20,37,43H,3,13-16H2,1-2H3,(H,36,44). The number of ketones is 1. The van der Waals surface area contributed by atoms with E-state index < -0.39 is 5.91 Å². The Bertz CT molecular complexity index is 1870. The van der Waals surface area contributed by atoms with E-state index >= 15 is 0 Å². The summed E-state index contributed by atoms with van der Waals surface area (Å²) in [7, 11) is 2.14. The zero-order valence-electron chi connectivity index (χ0n) is 24.4. The summed E-state index contributed by atoms with van der Waals surface area (Å²) in [5.41, 5.74) is 4.46. The van der Waals surface area contributed by atoms with Crippen LogP contribution in [0.4, 0.5) is 17.1 Å². The number of anilines is 2. The molecule has 0 aliphatic carbocycles. The second-order valence-electron chi connectivity index (χ2n) is 10.8. The Hall–Kier alpha value is -4.93. The zero-order chi connectivity index (χ0) is 30.8. The highest BCUT2D eigenvalue weighted by Gasteiger charge is 2.18. The lowest BCUT2D eigenvalue weighted by molar-refractivity contribution is 0.101. The molecule has 1 aliphatic heterocycles. The molecule has 0 radical (unpaired) electrons. The third kappa shape index (κ3) is 6.08. The number of hydrogen-bond acceptors (Lipinski definition) is 7. The molecule has 44 heavy (non-hydrogen) atoms. The highest BCUT2D eigenvalue weighted by atomic mass is 35.5. The summed E-state index contributed by atoms with van der Waals surface area (Å²) in [6.45, 7) is 6.56. The quantitative estimate of drug-likeness (QED) is 0.153. The van der Waals surface area contributed by atoms with Gasteiger partial charge in [0.05, 0.1) is 16.3 Å². The number of nitrogens with one attached hydrogen (secondary N) is 2. The van der Waals surface area contributed by atoms with Gasteiger partial charge in [0, 0.05) is 78.5 Å². The van der Waals surface area contributed by atoms with Crippen LogP contribution in [0.5, 0.6) is 5.88 Å². The average Bonchev–Trinajstić information content (AvgIpc) is 3.58. The first-order valence-electron chi connectivity index (χ1n) is 14.4. The van der Waals surface area contributed by atoms with Crippen molar-refractivity contribution >= 4 is 57.5 Å². The van der Waals surface area contributed by atoms with Gasteiger partial charge in [0.15, 0.2) is 17.4 Å². The van der Waals surface area contributed by atoms with Crippen LogP contribution in [-0.4, -0.2) is 75.9 Å². The number of halogens is 1. The van der Waals surface area contributed by atoms with Crippen molar-refractivity contribution in [1.82, 2.24) is 19.7 Å². The highest BCUT2D eigenvalue weighted by molar-refractivity contribution is 6.34. The maximum absolute atomic E-state index is 13.4. The van der Waals surface area contributed by atoms with Crippen LogP contribution in [-0.2, 0) is 6.54 Å². The van der Waals surface area contributed by atoms with Crippen LogP contribution in [0.1, 0.15) is 38.9 Å². The molecular formula is C33H32ClN7O3. The van der Waals surface area contributed by atoms with Crippen LogP contribution in [0.15, 0.2) is 77.9 Å². The summed E-state index contributed by atoms with van der Waals surface area (Å²) in [4.78, 5) is 38.4. The van der Waals surface area contributed by atoms with Crippen molar-refractivity contribution in [2.24, 2.45) is 4.99 Å². The van der Waals surface area contributed by atoms with E-state index in [-0.39, 0.29) is 22.4 Å². The maximum Gasteiger partial charge on any atom is 0.277 e. The van der Waals surface area contributed by atoms with Gasteiger partial charge in [-0.2, -0.15) is 5.10 Å². The summed E-state index contributed by atoms with van der Waals surface area (Å²) >= 11 is 6.16. The van der Waals surface area contributed by atoms with E-state index in [1.807, 2.05) is 19.1 Å². The Kier molecular flexibility index (Phi) is 8.19.